The molecule has 1 aromatic rings. The van der Waals surface area contributed by atoms with Gasteiger partial charge in [0, 0.05) is 12.6 Å². The van der Waals surface area contributed by atoms with Gasteiger partial charge in [0.25, 0.3) is 0 Å². The Hall–Kier alpha value is -1.49. The lowest BCUT2D eigenvalue weighted by molar-refractivity contribution is 0.167. The molecule has 0 aliphatic carbocycles. The topological polar surface area (TPSA) is 34.1 Å². The summed E-state index contributed by atoms with van der Waals surface area (Å²) in [7, 11) is 0. The van der Waals surface area contributed by atoms with E-state index in [2.05, 4.69) is 16.9 Å². The summed E-state index contributed by atoms with van der Waals surface area (Å²) >= 11 is 0. The Bertz CT molecular complexity index is 369. The number of anilines is 1. The number of rotatable bonds is 6. The van der Waals surface area contributed by atoms with Crippen molar-refractivity contribution in [3.63, 3.8) is 0 Å². The highest BCUT2D eigenvalue weighted by Crippen LogP contribution is 2.10. The molecule has 0 saturated carbocycles. The van der Waals surface area contributed by atoms with E-state index in [1.165, 1.54) is 0 Å². The van der Waals surface area contributed by atoms with Crippen LogP contribution in [0.4, 0.5) is 14.6 Å². The van der Waals surface area contributed by atoms with Crippen molar-refractivity contribution in [3.8, 4) is 0 Å². The molecule has 0 saturated heterocycles. The van der Waals surface area contributed by atoms with Gasteiger partial charge in [0.15, 0.2) is 11.6 Å². The van der Waals surface area contributed by atoms with E-state index in [1.54, 1.807) is 0 Å². The zero-order valence-corrected chi connectivity index (χ0v) is 9.09. The van der Waals surface area contributed by atoms with E-state index in [0.717, 1.165) is 17.8 Å². The molecule has 0 radical (unpaired) electrons. The highest BCUT2D eigenvalue weighted by molar-refractivity contribution is 5.35. The van der Waals surface area contributed by atoms with Gasteiger partial charge in [-0.25, -0.2) is 13.8 Å². The smallest absolute Gasteiger partial charge is 0.168 e. The molecular formula is C11H14F2N2O. The Morgan fingerprint density at radius 2 is 2.31 bits per heavy atom. The van der Waals surface area contributed by atoms with Gasteiger partial charge in [-0.05, 0) is 6.92 Å². The van der Waals surface area contributed by atoms with Crippen molar-refractivity contribution in [1.29, 1.82) is 0 Å². The summed E-state index contributed by atoms with van der Waals surface area (Å²) in [5, 5.41) is 2.71. The lowest BCUT2D eigenvalue weighted by atomic mass is 10.4. The first-order chi connectivity index (χ1) is 7.59. The van der Waals surface area contributed by atoms with Crippen molar-refractivity contribution in [1.82, 2.24) is 4.98 Å². The Labute approximate surface area is 93.1 Å². The Morgan fingerprint density at radius 1 is 1.56 bits per heavy atom. The maximum absolute atomic E-state index is 13.1. The number of aromatic nitrogens is 1. The van der Waals surface area contributed by atoms with E-state index in [9.17, 15) is 8.78 Å². The minimum absolute atomic E-state index is 0.0281. The summed E-state index contributed by atoms with van der Waals surface area (Å²) < 4.78 is 30.8. The number of nitrogens with one attached hydrogen (secondary N) is 1. The molecule has 0 spiro atoms. The molecule has 0 fully saturated rings. The quantitative estimate of drug-likeness (QED) is 0.599. The first-order valence-corrected chi connectivity index (χ1v) is 4.86. The molecule has 1 heterocycles. The molecule has 16 heavy (non-hydrogen) atoms. The molecule has 0 aliphatic rings. The van der Waals surface area contributed by atoms with E-state index in [0.29, 0.717) is 19.8 Å². The molecule has 1 aromatic heterocycles. The lowest BCUT2D eigenvalue weighted by Gasteiger charge is -2.07. The number of nitrogens with zero attached hydrogens (tertiary/aromatic N) is 1. The molecule has 0 amide bonds. The van der Waals surface area contributed by atoms with Gasteiger partial charge in [-0.3, -0.25) is 0 Å². The van der Waals surface area contributed by atoms with Crippen LogP contribution in [0.15, 0.2) is 24.4 Å². The maximum atomic E-state index is 13.1. The third-order valence-corrected chi connectivity index (χ3v) is 1.70. The second-order valence-corrected chi connectivity index (χ2v) is 3.42. The summed E-state index contributed by atoms with van der Waals surface area (Å²) in [6.07, 6.45) is 0.958. The van der Waals surface area contributed by atoms with Crippen molar-refractivity contribution in [2.45, 2.75) is 6.92 Å². The monoisotopic (exact) mass is 228 g/mol. The van der Waals surface area contributed by atoms with Gasteiger partial charge in [-0.2, -0.15) is 0 Å². The molecule has 0 bridgehead atoms. The summed E-state index contributed by atoms with van der Waals surface area (Å²) in [5.41, 5.74) is 0.922. The van der Waals surface area contributed by atoms with Crippen LogP contribution in [-0.2, 0) is 4.74 Å². The van der Waals surface area contributed by atoms with Gasteiger partial charge in [0.1, 0.15) is 5.82 Å². The zero-order valence-electron chi connectivity index (χ0n) is 9.09. The van der Waals surface area contributed by atoms with Gasteiger partial charge in [0.05, 0.1) is 19.4 Å². The Kier molecular flexibility index (Phi) is 4.85. The predicted molar refractivity (Wildman–Crippen MR) is 58.3 cm³/mol. The maximum Gasteiger partial charge on any atom is 0.168 e. The van der Waals surface area contributed by atoms with Crippen LogP contribution >= 0.6 is 0 Å². The first kappa shape index (κ1) is 12.6. The van der Waals surface area contributed by atoms with Crippen molar-refractivity contribution in [2.75, 3.05) is 25.1 Å². The summed E-state index contributed by atoms with van der Waals surface area (Å²) in [5.74, 6) is -1.37. The molecular weight excluding hydrogens is 214 g/mol. The molecule has 3 nitrogen and oxygen atoms in total. The fourth-order valence-corrected chi connectivity index (χ4v) is 1.03. The molecule has 0 aliphatic heterocycles. The predicted octanol–water partition coefficient (Wildman–Crippen LogP) is 2.36. The first-order valence-electron chi connectivity index (χ1n) is 4.86. The summed E-state index contributed by atoms with van der Waals surface area (Å²) in [6, 6.07) is 0.782. The second-order valence-electron chi connectivity index (χ2n) is 3.42. The van der Waals surface area contributed by atoms with E-state index in [4.69, 9.17) is 4.74 Å². The Balaban J connectivity index is 2.29. The summed E-state index contributed by atoms with van der Waals surface area (Å²) in [4.78, 5) is 3.58. The van der Waals surface area contributed by atoms with Crippen molar-refractivity contribution >= 4 is 5.82 Å². The van der Waals surface area contributed by atoms with E-state index >= 15 is 0 Å². The molecule has 1 N–H and O–H groups in total. The van der Waals surface area contributed by atoms with E-state index in [-0.39, 0.29) is 5.82 Å². The Morgan fingerprint density at radius 3 is 2.94 bits per heavy atom. The van der Waals surface area contributed by atoms with Crippen LogP contribution in [0.5, 0.6) is 0 Å². The van der Waals surface area contributed by atoms with Crippen molar-refractivity contribution < 1.29 is 13.5 Å². The molecule has 88 valence electrons. The van der Waals surface area contributed by atoms with Gasteiger partial charge < -0.3 is 10.1 Å². The minimum Gasteiger partial charge on any atom is -0.375 e. The normalized spacial score (nSPS) is 10.2. The van der Waals surface area contributed by atoms with Crippen LogP contribution in [0, 0.1) is 11.6 Å². The average Bonchev–Trinajstić information content (AvgIpc) is 2.20. The highest BCUT2D eigenvalue weighted by Gasteiger charge is 2.03. The number of halogens is 2. The lowest BCUT2D eigenvalue weighted by Crippen LogP contribution is -2.12. The van der Waals surface area contributed by atoms with Crippen LogP contribution in [-0.4, -0.2) is 24.7 Å². The van der Waals surface area contributed by atoms with Crippen LogP contribution < -0.4 is 5.32 Å². The number of hydrogen-bond acceptors (Lipinski definition) is 3. The van der Waals surface area contributed by atoms with Crippen LogP contribution in [0.3, 0.4) is 0 Å². The van der Waals surface area contributed by atoms with Gasteiger partial charge >= 0.3 is 0 Å². The fourth-order valence-electron chi connectivity index (χ4n) is 1.03. The summed E-state index contributed by atoms with van der Waals surface area (Å²) in [6.45, 7) is 6.82. The van der Waals surface area contributed by atoms with Crippen molar-refractivity contribution in [2.24, 2.45) is 0 Å². The number of ether oxygens (including phenoxy) is 1. The van der Waals surface area contributed by atoms with Gasteiger partial charge in [0.2, 0.25) is 0 Å². The largest absolute Gasteiger partial charge is 0.375 e. The van der Waals surface area contributed by atoms with Crippen molar-refractivity contribution in [3.05, 3.63) is 36.0 Å². The third-order valence-electron chi connectivity index (χ3n) is 1.70. The van der Waals surface area contributed by atoms with E-state index < -0.39 is 11.6 Å². The number of pyridine rings is 1. The van der Waals surface area contributed by atoms with Gasteiger partial charge in [-0.15, -0.1) is 0 Å². The molecule has 0 unspecified atom stereocenters. The second kappa shape index (κ2) is 6.17. The van der Waals surface area contributed by atoms with Gasteiger partial charge in [-0.1, -0.05) is 12.2 Å². The molecule has 5 heteroatoms. The molecule has 0 atom stereocenters. The minimum atomic E-state index is -0.708. The molecule has 0 aromatic carbocycles. The highest BCUT2D eigenvalue weighted by atomic mass is 19.1. The number of hydrogen-bond donors (Lipinski definition) is 1. The van der Waals surface area contributed by atoms with Crippen LogP contribution in [0.25, 0.3) is 0 Å². The standard InChI is InChI=1S/C11H14F2N2O/c1-8(2)7-16-4-3-14-11-10(13)5-9(12)6-15-11/h5-6H,1,3-4,7H2,2H3,(H,14,15). The average molecular weight is 228 g/mol. The molecule has 1 rings (SSSR count). The fraction of sp³-hybridized carbons (Fsp3) is 0.364. The SMILES string of the molecule is C=C(C)COCCNc1ncc(F)cc1F. The third kappa shape index (κ3) is 4.35. The zero-order chi connectivity index (χ0) is 12.0. The van der Waals surface area contributed by atoms with Crippen LogP contribution in [0.1, 0.15) is 6.92 Å². The van der Waals surface area contributed by atoms with Crippen LogP contribution in [0.2, 0.25) is 0 Å². The van der Waals surface area contributed by atoms with E-state index in [1.807, 2.05) is 6.92 Å².